The van der Waals surface area contributed by atoms with Crippen LogP contribution in [0.5, 0.6) is 5.75 Å². The number of aryl methyl sites for hydroxylation is 1. The number of amides is 1. The van der Waals surface area contributed by atoms with E-state index in [0.29, 0.717) is 23.6 Å². The van der Waals surface area contributed by atoms with Crippen LogP contribution in [0.25, 0.3) is 5.76 Å². The second-order valence-electron chi connectivity index (χ2n) is 10.0. The lowest BCUT2D eigenvalue weighted by Gasteiger charge is -2.27. The Kier molecular flexibility index (Phi) is 7.02. The number of benzene rings is 3. The predicted octanol–water partition coefficient (Wildman–Crippen LogP) is 6.57. The molecule has 4 rings (SSSR count). The first-order valence-electron chi connectivity index (χ1n) is 12.4. The van der Waals surface area contributed by atoms with Crippen LogP contribution in [0.4, 0.5) is 5.69 Å². The summed E-state index contributed by atoms with van der Waals surface area (Å²) in [5.74, 6) is -0.961. The molecule has 3 aromatic carbocycles. The molecular weight excluding hydrogens is 450 g/mol. The van der Waals surface area contributed by atoms with Gasteiger partial charge in [0.25, 0.3) is 11.7 Å². The van der Waals surface area contributed by atoms with E-state index in [-0.39, 0.29) is 16.7 Å². The molecule has 36 heavy (non-hydrogen) atoms. The van der Waals surface area contributed by atoms with Gasteiger partial charge in [0.1, 0.15) is 11.5 Å². The Morgan fingerprint density at radius 2 is 1.61 bits per heavy atom. The lowest BCUT2D eigenvalue weighted by molar-refractivity contribution is -0.132. The molecule has 0 bridgehead atoms. The SMILES string of the molecule is CCOc1cccc(N2C(=O)C(=O)/C(=C(/O)c3ccc(CC)cc3)C2c2ccc(C(C)(C)C)cc2)c1. The number of ketones is 1. The van der Waals surface area contributed by atoms with Crippen LogP contribution in [0.1, 0.15) is 62.9 Å². The number of carbonyl (C=O) groups is 2. The zero-order valence-corrected chi connectivity index (χ0v) is 21.5. The number of nitrogens with zero attached hydrogens (tertiary/aromatic N) is 1. The Morgan fingerprint density at radius 3 is 2.19 bits per heavy atom. The molecule has 0 saturated carbocycles. The molecule has 1 atom stereocenters. The van der Waals surface area contributed by atoms with E-state index in [0.717, 1.165) is 23.1 Å². The smallest absolute Gasteiger partial charge is 0.300 e. The molecule has 1 unspecified atom stereocenters. The number of aliphatic hydroxyl groups is 1. The summed E-state index contributed by atoms with van der Waals surface area (Å²) in [5.41, 5.74) is 4.07. The minimum atomic E-state index is -0.776. The average molecular weight is 484 g/mol. The van der Waals surface area contributed by atoms with Crippen LogP contribution in [0.3, 0.4) is 0 Å². The Bertz CT molecular complexity index is 1300. The van der Waals surface area contributed by atoms with Gasteiger partial charge in [0.2, 0.25) is 0 Å². The Hall–Kier alpha value is -3.86. The molecule has 186 valence electrons. The summed E-state index contributed by atoms with van der Waals surface area (Å²) in [7, 11) is 0. The van der Waals surface area contributed by atoms with Crippen molar-refractivity contribution in [2.75, 3.05) is 11.5 Å². The van der Waals surface area contributed by atoms with Crippen molar-refractivity contribution in [2.45, 2.75) is 52.5 Å². The number of rotatable bonds is 6. The maximum Gasteiger partial charge on any atom is 0.300 e. The fourth-order valence-corrected chi connectivity index (χ4v) is 4.52. The molecule has 1 aliphatic rings. The number of carbonyl (C=O) groups excluding carboxylic acids is 2. The van der Waals surface area contributed by atoms with Gasteiger partial charge in [-0.15, -0.1) is 0 Å². The highest BCUT2D eigenvalue weighted by Gasteiger charge is 2.47. The predicted molar refractivity (Wildman–Crippen MR) is 143 cm³/mol. The van der Waals surface area contributed by atoms with E-state index < -0.39 is 17.7 Å². The first-order chi connectivity index (χ1) is 17.2. The normalized spacial score (nSPS) is 17.5. The third-order valence-electron chi connectivity index (χ3n) is 6.58. The zero-order chi connectivity index (χ0) is 26.0. The molecule has 5 heteroatoms. The molecule has 0 radical (unpaired) electrons. The van der Waals surface area contributed by atoms with Crippen LogP contribution in [0.2, 0.25) is 0 Å². The first-order valence-corrected chi connectivity index (χ1v) is 12.4. The molecule has 1 N–H and O–H groups in total. The summed E-state index contributed by atoms with van der Waals surface area (Å²) >= 11 is 0. The van der Waals surface area contributed by atoms with Crippen molar-refractivity contribution in [1.29, 1.82) is 0 Å². The molecule has 3 aromatic rings. The quantitative estimate of drug-likeness (QED) is 0.245. The third-order valence-corrected chi connectivity index (χ3v) is 6.58. The van der Waals surface area contributed by atoms with Gasteiger partial charge >= 0.3 is 0 Å². The largest absolute Gasteiger partial charge is 0.507 e. The number of hydrogen-bond donors (Lipinski definition) is 1. The number of aliphatic hydroxyl groups excluding tert-OH is 1. The molecule has 0 aliphatic carbocycles. The maximum atomic E-state index is 13.4. The van der Waals surface area contributed by atoms with Crippen LogP contribution < -0.4 is 9.64 Å². The van der Waals surface area contributed by atoms with Crippen molar-refractivity contribution in [2.24, 2.45) is 0 Å². The molecule has 1 heterocycles. The van der Waals surface area contributed by atoms with Gasteiger partial charge in [-0.3, -0.25) is 14.5 Å². The monoisotopic (exact) mass is 483 g/mol. The molecule has 1 fully saturated rings. The zero-order valence-electron chi connectivity index (χ0n) is 21.5. The Labute approximate surface area is 213 Å². The highest BCUT2D eigenvalue weighted by atomic mass is 16.5. The van der Waals surface area contributed by atoms with Gasteiger partial charge in [-0.2, -0.15) is 0 Å². The minimum Gasteiger partial charge on any atom is -0.507 e. The van der Waals surface area contributed by atoms with E-state index in [1.807, 2.05) is 49.4 Å². The van der Waals surface area contributed by atoms with Crippen molar-refractivity contribution in [3.63, 3.8) is 0 Å². The summed E-state index contributed by atoms with van der Waals surface area (Å²) in [6.07, 6.45) is 0.863. The van der Waals surface area contributed by atoms with E-state index in [1.165, 1.54) is 4.90 Å². The van der Waals surface area contributed by atoms with E-state index >= 15 is 0 Å². The highest BCUT2D eigenvalue weighted by Crippen LogP contribution is 2.43. The van der Waals surface area contributed by atoms with Gasteiger partial charge in [0.05, 0.1) is 18.2 Å². The molecule has 0 aromatic heterocycles. The van der Waals surface area contributed by atoms with Crippen molar-refractivity contribution >= 4 is 23.1 Å². The number of anilines is 1. The van der Waals surface area contributed by atoms with Gasteiger partial charge in [0.15, 0.2) is 0 Å². The van der Waals surface area contributed by atoms with Crippen LogP contribution in [-0.4, -0.2) is 23.4 Å². The molecule has 1 aliphatic heterocycles. The summed E-state index contributed by atoms with van der Waals surface area (Å²) in [6.45, 7) is 10.8. The van der Waals surface area contributed by atoms with E-state index in [4.69, 9.17) is 4.74 Å². The summed E-state index contributed by atoms with van der Waals surface area (Å²) in [5, 5.41) is 11.3. The van der Waals surface area contributed by atoms with Crippen LogP contribution in [0.15, 0.2) is 78.4 Å². The highest BCUT2D eigenvalue weighted by molar-refractivity contribution is 6.51. The Balaban J connectivity index is 1.90. The topological polar surface area (TPSA) is 66.8 Å². The maximum absolute atomic E-state index is 13.4. The second kappa shape index (κ2) is 10.0. The van der Waals surface area contributed by atoms with Crippen molar-refractivity contribution in [1.82, 2.24) is 0 Å². The summed E-state index contributed by atoms with van der Waals surface area (Å²) in [4.78, 5) is 28.3. The minimum absolute atomic E-state index is 0.0484. The summed E-state index contributed by atoms with van der Waals surface area (Å²) < 4.78 is 5.64. The fourth-order valence-electron chi connectivity index (χ4n) is 4.52. The molecule has 1 saturated heterocycles. The summed E-state index contributed by atoms with van der Waals surface area (Å²) in [6, 6.07) is 21.7. The number of Topliss-reactive ketones (excluding diaryl/α,β-unsaturated/α-hetero) is 1. The lowest BCUT2D eigenvalue weighted by atomic mass is 9.85. The van der Waals surface area contributed by atoms with Crippen LogP contribution in [-0.2, 0) is 21.4 Å². The third kappa shape index (κ3) is 4.78. The van der Waals surface area contributed by atoms with Gasteiger partial charge in [-0.1, -0.05) is 82.3 Å². The van der Waals surface area contributed by atoms with Gasteiger partial charge in [-0.05, 0) is 47.6 Å². The van der Waals surface area contributed by atoms with Crippen molar-refractivity contribution < 1.29 is 19.4 Å². The Morgan fingerprint density at radius 1 is 0.944 bits per heavy atom. The molecule has 1 amide bonds. The molecular formula is C31H33NO4. The van der Waals surface area contributed by atoms with E-state index in [2.05, 4.69) is 27.7 Å². The van der Waals surface area contributed by atoms with E-state index in [1.54, 1.807) is 30.3 Å². The standard InChI is InChI=1S/C31H33NO4/c1-6-20-11-13-22(14-12-20)28(33)26-27(21-15-17-23(18-16-21)31(3,4)5)32(30(35)29(26)34)24-9-8-10-25(19-24)36-7-2/h8-19,27,33H,6-7H2,1-5H3/b28-26+. The number of hydrogen-bond acceptors (Lipinski definition) is 4. The van der Waals surface area contributed by atoms with Crippen LogP contribution in [0, 0.1) is 0 Å². The number of ether oxygens (including phenoxy) is 1. The van der Waals surface area contributed by atoms with Gasteiger partial charge in [0, 0.05) is 17.3 Å². The van der Waals surface area contributed by atoms with Crippen LogP contribution >= 0.6 is 0 Å². The average Bonchev–Trinajstić information content (AvgIpc) is 3.14. The van der Waals surface area contributed by atoms with E-state index in [9.17, 15) is 14.7 Å². The molecule has 0 spiro atoms. The lowest BCUT2D eigenvalue weighted by Crippen LogP contribution is -2.29. The molecule has 5 nitrogen and oxygen atoms in total. The fraction of sp³-hybridized carbons (Fsp3) is 0.290. The van der Waals surface area contributed by atoms with Gasteiger partial charge in [-0.25, -0.2) is 0 Å². The van der Waals surface area contributed by atoms with Gasteiger partial charge < -0.3 is 9.84 Å². The second-order valence-corrected chi connectivity index (χ2v) is 10.0. The van der Waals surface area contributed by atoms with Crippen molar-refractivity contribution in [3.8, 4) is 5.75 Å². The van der Waals surface area contributed by atoms with Crippen molar-refractivity contribution in [3.05, 3.63) is 101 Å². The first kappa shape index (κ1) is 25.2.